The van der Waals surface area contributed by atoms with Crippen molar-refractivity contribution < 1.29 is 13.2 Å². The number of amides is 1. The summed E-state index contributed by atoms with van der Waals surface area (Å²) in [5.74, 6) is -0.185. The lowest BCUT2D eigenvalue weighted by Gasteiger charge is -2.28. The average molecular weight is 563 g/mol. The molecule has 1 aliphatic heterocycles. The zero-order valence-corrected chi connectivity index (χ0v) is 24.3. The minimum Gasteiger partial charge on any atom is -0.302 e. The molecule has 0 saturated carbocycles. The van der Waals surface area contributed by atoms with E-state index in [0.717, 1.165) is 41.0 Å². The molecule has 0 unspecified atom stereocenters. The molecule has 0 spiro atoms. The Bertz CT molecular complexity index is 1580. The Balaban J connectivity index is 1.40. The molecule has 3 aromatic carbocycles. The second-order valence-corrected chi connectivity index (χ2v) is 12.7. The molecular formula is C30H34N4O3S2. The quantitative estimate of drug-likeness (QED) is 0.275. The van der Waals surface area contributed by atoms with Crippen molar-refractivity contribution in [3.05, 3.63) is 89.0 Å². The smallest absolute Gasteiger partial charge is 0.260 e. The standard InChI is InChI=1S/C30H34N4O3S2/c1-4-32(5-2)19-20-34(30-31-28-22(3)9-8-12-27(28)38-30)29(35)24-13-15-26(16-14-24)39(36,37)33-18-17-23-10-6-7-11-25(23)21-33/h6-16H,4-5,17-21H2,1-3H3. The summed E-state index contributed by atoms with van der Waals surface area (Å²) in [5.41, 5.74) is 4.64. The van der Waals surface area contributed by atoms with Gasteiger partial charge in [0.1, 0.15) is 0 Å². The largest absolute Gasteiger partial charge is 0.302 e. The topological polar surface area (TPSA) is 73.8 Å². The van der Waals surface area contributed by atoms with Crippen molar-refractivity contribution in [3.63, 3.8) is 0 Å². The lowest BCUT2D eigenvalue weighted by Crippen LogP contribution is -2.39. The second-order valence-electron chi connectivity index (χ2n) is 9.78. The number of carbonyl (C=O) groups is 1. The number of hydrogen-bond donors (Lipinski definition) is 0. The van der Waals surface area contributed by atoms with Crippen LogP contribution in [0.1, 0.15) is 40.9 Å². The molecule has 0 aliphatic carbocycles. The maximum absolute atomic E-state index is 13.8. The number of para-hydroxylation sites is 1. The van der Waals surface area contributed by atoms with Gasteiger partial charge in [-0.05, 0) is 73.5 Å². The highest BCUT2D eigenvalue weighted by Gasteiger charge is 2.29. The molecule has 0 atom stereocenters. The predicted molar refractivity (Wildman–Crippen MR) is 158 cm³/mol. The van der Waals surface area contributed by atoms with Crippen LogP contribution in [0.2, 0.25) is 0 Å². The third-order valence-corrected chi connectivity index (χ3v) is 10.4. The lowest BCUT2D eigenvalue weighted by atomic mass is 10.0. The van der Waals surface area contributed by atoms with Gasteiger partial charge in [-0.1, -0.05) is 61.6 Å². The third kappa shape index (κ3) is 5.63. The number of thiazole rings is 1. The number of likely N-dealkylation sites (N-methyl/N-ethyl adjacent to an activating group) is 1. The van der Waals surface area contributed by atoms with Crippen LogP contribution >= 0.6 is 11.3 Å². The Morgan fingerprint density at radius 1 is 0.949 bits per heavy atom. The van der Waals surface area contributed by atoms with Gasteiger partial charge in [0.25, 0.3) is 5.91 Å². The molecule has 0 saturated heterocycles. The normalized spacial score (nSPS) is 14.1. The summed E-state index contributed by atoms with van der Waals surface area (Å²) >= 11 is 1.50. The van der Waals surface area contributed by atoms with Gasteiger partial charge in [-0.25, -0.2) is 13.4 Å². The second kappa shape index (κ2) is 11.6. The Morgan fingerprint density at radius 3 is 2.36 bits per heavy atom. The van der Waals surface area contributed by atoms with E-state index in [-0.39, 0.29) is 10.8 Å². The fourth-order valence-corrected chi connectivity index (χ4v) is 7.49. The highest BCUT2D eigenvalue weighted by molar-refractivity contribution is 7.89. The van der Waals surface area contributed by atoms with Gasteiger partial charge in [-0.3, -0.25) is 9.69 Å². The van der Waals surface area contributed by atoms with Crippen molar-refractivity contribution in [1.29, 1.82) is 0 Å². The number of hydrogen-bond acceptors (Lipinski definition) is 6. The number of nitrogens with zero attached hydrogens (tertiary/aromatic N) is 4. The summed E-state index contributed by atoms with van der Waals surface area (Å²) in [4.78, 5) is 22.8. The molecule has 1 aromatic heterocycles. The predicted octanol–water partition coefficient (Wildman–Crippen LogP) is 5.34. The molecule has 9 heteroatoms. The van der Waals surface area contributed by atoms with Crippen LogP contribution in [0.5, 0.6) is 0 Å². The molecule has 1 aliphatic rings. The van der Waals surface area contributed by atoms with Crippen molar-refractivity contribution in [2.75, 3.05) is 37.6 Å². The molecular weight excluding hydrogens is 528 g/mol. The van der Waals surface area contributed by atoms with E-state index >= 15 is 0 Å². The Morgan fingerprint density at radius 2 is 1.67 bits per heavy atom. The SMILES string of the molecule is CCN(CC)CCN(C(=O)c1ccc(S(=O)(=O)N2CCc3ccccc3C2)cc1)c1nc2c(C)cccc2s1. The highest BCUT2D eigenvalue weighted by atomic mass is 32.2. The van der Waals surface area contributed by atoms with Crippen LogP contribution < -0.4 is 4.90 Å². The Kier molecular flexibility index (Phi) is 8.13. The van der Waals surface area contributed by atoms with Crippen LogP contribution in [0.3, 0.4) is 0 Å². The number of aryl methyl sites for hydroxylation is 1. The van der Waals surface area contributed by atoms with Crippen LogP contribution in [0, 0.1) is 6.92 Å². The van der Waals surface area contributed by atoms with Crippen molar-refractivity contribution >= 4 is 42.6 Å². The van der Waals surface area contributed by atoms with Gasteiger partial charge in [-0.15, -0.1) is 0 Å². The van der Waals surface area contributed by atoms with Gasteiger partial charge in [0, 0.05) is 31.7 Å². The first-order valence-corrected chi connectivity index (χ1v) is 15.6. The summed E-state index contributed by atoms with van der Waals surface area (Å²) in [6.45, 7) is 10.0. The molecule has 2 heterocycles. The van der Waals surface area contributed by atoms with Crippen molar-refractivity contribution in [2.24, 2.45) is 0 Å². The van der Waals surface area contributed by atoms with Crippen LogP contribution in [0.25, 0.3) is 10.2 Å². The fraction of sp³-hybridized carbons (Fsp3) is 0.333. The molecule has 7 nitrogen and oxygen atoms in total. The zero-order chi connectivity index (χ0) is 27.6. The molecule has 0 radical (unpaired) electrons. The van der Waals surface area contributed by atoms with Gasteiger partial charge >= 0.3 is 0 Å². The maximum atomic E-state index is 13.8. The summed E-state index contributed by atoms with van der Waals surface area (Å²) < 4.78 is 29.4. The maximum Gasteiger partial charge on any atom is 0.260 e. The van der Waals surface area contributed by atoms with E-state index in [0.29, 0.717) is 36.8 Å². The van der Waals surface area contributed by atoms with Crippen LogP contribution in [-0.2, 0) is 23.0 Å². The van der Waals surface area contributed by atoms with Crippen LogP contribution in [0.15, 0.2) is 71.6 Å². The van der Waals surface area contributed by atoms with Gasteiger partial charge in [0.05, 0.1) is 15.1 Å². The van der Waals surface area contributed by atoms with E-state index in [1.54, 1.807) is 29.2 Å². The first kappa shape index (κ1) is 27.5. The first-order valence-electron chi connectivity index (χ1n) is 13.4. The Hall–Kier alpha value is -3.11. The Labute approximate surface area is 234 Å². The number of sulfonamides is 1. The van der Waals surface area contributed by atoms with Crippen molar-refractivity contribution in [2.45, 2.75) is 38.6 Å². The minimum atomic E-state index is -3.68. The van der Waals surface area contributed by atoms with E-state index in [4.69, 9.17) is 4.98 Å². The van der Waals surface area contributed by atoms with E-state index < -0.39 is 10.0 Å². The molecule has 1 amide bonds. The fourth-order valence-electron chi connectivity index (χ4n) is 5.00. The average Bonchev–Trinajstić information content (AvgIpc) is 3.40. The number of rotatable bonds is 9. The number of benzene rings is 3. The molecule has 4 aromatic rings. The lowest BCUT2D eigenvalue weighted by molar-refractivity contribution is 0.0983. The van der Waals surface area contributed by atoms with Gasteiger partial charge in [0.15, 0.2) is 5.13 Å². The van der Waals surface area contributed by atoms with E-state index in [1.807, 2.05) is 43.3 Å². The highest BCUT2D eigenvalue weighted by Crippen LogP contribution is 2.32. The van der Waals surface area contributed by atoms with E-state index in [1.165, 1.54) is 21.2 Å². The molecule has 0 bridgehead atoms. The summed E-state index contributed by atoms with van der Waals surface area (Å²) in [6, 6.07) is 20.3. The molecule has 0 fully saturated rings. The summed E-state index contributed by atoms with van der Waals surface area (Å²) in [7, 11) is -3.68. The summed E-state index contributed by atoms with van der Waals surface area (Å²) in [6.07, 6.45) is 0.690. The molecule has 0 N–H and O–H groups in total. The van der Waals surface area contributed by atoms with E-state index in [9.17, 15) is 13.2 Å². The number of fused-ring (bicyclic) bond motifs is 2. The first-order chi connectivity index (χ1) is 18.8. The minimum absolute atomic E-state index is 0.185. The number of anilines is 1. The van der Waals surface area contributed by atoms with Crippen LogP contribution in [-0.4, -0.2) is 61.2 Å². The molecule has 39 heavy (non-hydrogen) atoms. The number of carbonyl (C=O) groups excluding carboxylic acids is 1. The molecule has 204 valence electrons. The summed E-state index contributed by atoms with van der Waals surface area (Å²) in [5, 5.41) is 0.653. The monoisotopic (exact) mass is 562 g/mol. The van der Waals surface area contributed by atoms with Crippen molar-refractivity contribution in [1.82, 2.24) is 14.2 Å². The molecule has 5 rings (SSSR count). The van der Waals surface area contributed by atoms with Crippen LogP contribution in [0.4, 0.5) is 5.13 Å². The van der Waals surface area contributed by atoms with E-state index in [2.05, 4.69) is 24.8 Å². The van der Waals surface area contributed by atoms with Gasteiger partial charge in [-0.2, -0.15) is 4.31 Å². The van der Waals surface area contributed by atoms with Gasteiger partial charge < -0.3 is 4.90 Å². The number of aromatic nitrogens is 1. The van der Waals surface area contributed by atoms with Crippen molar-refractivity contribution in [3.8, 4) is 0 Å². The van der Waals surface area contributed by atoms with Gasteiger partial charge in [0.2, 0.25) is 10.0 Å². The third-order valence-electron chi connectivity index (χ3n) is 7.45. The zero-order valence-electron chi connectivity index (χ0n) is 22.6.